The summed E-state index contributed by atoms with van der Waals surface area (Å²) >= 11 is 0. The summed E-state index contributed by atoms with van der Waals surface area (Å²) in [4.78, 5) is 0. The van der Waals surface area contributed by atoms with Gasteiger partial charge in [0.15, 0.2) is 0 Å². The van der Waals surface area contributed by atoms with E-state index < -0.39 is 23.4 Å². The molecule has 0 atom stereocenters. The van der Waals surface area contributed by atoms with E-state index >= 15 is 0 Å². The molecule has 1 aromatic carbocycles. The van der Waals surface area contributed by atoms with Crippen molar-refractivity contribution in [1.29, 1.82) is 0 Å². The summed E-state index contributed by atoms with van der Waals surface area (Å²) in [5, 5.41) is 0. The van der Waals surface area contributed by atoms with Gasteiger partial charge in [0.2, 0.25) is 0 Å². The van der Waals surface area contributed by atoms with E-state index in [-0.39, 0.29) is 5.75 Å². The Bertz CT molecular complexity index is 576. The molecule has 0 heterocycles. The van der Waals surface area contributed by atoms with E-state index in [2.05, 4.69) is 0 Å². The third-order valence-corrected chi connectivity index (χ3v) is 5.99. The zero-order valence-electron chi connectivity index (χ0n) is 14.8. The smallest absolute Gasteiger partial charge is 0.422 e. The Labute approximate surface area is 150 Å². The average Bonchev–Trinajstić information content (AvgIpc) is 2.59. The van der Waals surface area contributed by atoms with Crippen LogP contribution in [0.4, 0.5) is 22.0 Å². The van der Waals surface area contributed by atoms with Gasteiger partial charge in [0, 0.05) is 12.1 Å². The average molecular weight is 376 g/mol. The van der Waals surface area contributed by atoms with Crippen LogP contribution >= 0.6 is 0 Å². The fourth-order valence-corrected chi connectivity index (χ4v) is 4.55. The van der Waals surface area contributed by atoms with E-state index in [0.717, 1.165) is 37.5 Å². The summed E-state index contributed by atoms with van der Waals surface area (Å²) in [5.41, 5.74) is -1.86. The Balaban J connectivity index is 1.51. The molecule has 146 valence electrons. The number of hydrogen-bond acceptors (Lipinski definition) is 1. The Morgan fingerprint density at radius 1 is 0.808 bits per heavy atom. The van der Waals surface area contributed by atoms with Crippen LogP contribution in [0, 0.1) is 29.4 Å². The van der Waals surface area contributed by atoms with Gasteiger partial charge in [-0.15, -0.1) is 0 Å². The summed E-state index contributed by atoms with van der Waals surface area (Å²) in [7, 11) is 0. The third kappa shape index (κ3) is 4.68. The molecule has 0 bridgehead atoms. The van der Waals surface area contributed by atoms with Crippen LogP contribution in [0.3, 0.4) is 0 Å². The molecule has 1 nitrogen and oxygen atoms in total. The summed E-state index contributed by atoms with van der Waals surface area (Å²) in [6.07, 6.45) is 5.93. The monoisotopic (exact) mass is 376 g/mol. The van der Waals surface area contributed by atoms with Crippen molar-refractivity contribution in [2.45, 2.75) is 64.0 Å². The molecule has 0 radical (unpaired) electrons. The van der Waals surface area contributed by atoms with Crippen LogP contribution in [0.5, 0.6) is 5.75 Å². The minimum Gasteiger partial charge on any atom is -0.493 e. The van der Waals surface area contributed by atoms with Gasteiger partial charge in [-0.05, 0) is 43.4 Å². The maximum absolute atomic E-state index is 13.6. The predicted molar refractivity (Wildman–Crippen MR) is 88.9 cm³/mol. The first kappa shape index (κ1) is 19.4. The zero-order valence-corrected chi connectivity index (χ0v) is 14.8. The Kier molecular flexibility index (Phi) is 6.08. The van der Waals surface area contributed by atoms with Crippen LogP contribution in [0.2, 0.25) is 0 Å². The molecular formula is C20H25F5O. The predicted octanol–water partition coefficient (Wildman–Crippen LogP) is 6.75. The first-order chi connectivity index (χ1) is 12.3. The van der Waals surface area contributed by atoms with Gasteiger partial charge in [-0.1, -0.05) is 32.1 Å². The van der Waals surface area contributed by atoms with Gasteiger partial charge in [-0.2, -0.15) is 13.2 Å². The van der Waals surface area contributed by atoms with Crippen LogP contribution in [0.25, 0.3) is 0 Å². The number of halogens is 5. The molecule has 26 heavy (non-hydrogen) atoms. The number of hydrogen-bond donors (Lipinski definition) is 0. The van der Waals surface area contributed by atoms with E-state index in [0.29, 0.717) is 24.7 Å². The van der Waals surface area contributed by atoms with Crippen LogP contribution in [0.1, 0.15) is 63.4 Å². The molecule has 0 spiro atoms. The van der Waals surface area contributed by atoms with E-state index in [9.17, 15) is 22.0 Å². The summed E-state index contributed by atoms with van der Waals surface area (Å²) < 4.78 is 70.3. The normalized spacial score (nSPS) is 25.3. The van der Waals surface area contributed by atoms with Gasteiger partial charge in [0.25, 0.3) is 0 Å². The molecule has 0 unspecified atom stereocenters. The number of rotatable bonds is 4. The molecule has 2 aliphatic rings. The fraction of sp³-hybridized carbons (Fsp3) is 0.700. The summed E-state index contributed by atoms with van der Waals surface area (Å²) in [5.74, 6) is -1.54. The highest BCUT2D eigenvalue weighted by atomic mass is 19.4. The van der Waals surface area contributed by atoms with Crippen molar-refractivity contribution in [2.75, 3.05) is 6.61 Å². The van der Waals surface area contributed by atoms with Crippen LogP contribution in [-0.2, 0) is 6.18 Å². The van der Waals surface area contributed by atoms with Crippen LogP contribution < -0.4 is 4.74 Å². The minimum atomic E-state index is -5.05. The van der Waals surface area contributed by atoms with E-state index in [1.54, 1.807) is 0 Å². The fourth-order valence-electron chi connectivity index (χ4n) is 4.55. The standard InChI is InChI=1S/C20H25F5O/c21-17-10-16(11-18(22)19(17)20(23,24)25)26-12-13-6-8-15(9-7-13)14-4-2-1-3-5-14/h10-11,13-15H,1-9,12H2. The Hall–Kier alpha value is -1.33. The first-order valence-electron chi connectivity index (χ1n) is 9.53. The molecule has 1 aromatic rings. The molecule has 0 aliphatic heterocycles. The lowest BCUT2D eigenvalue weighted by molar-refractivity contribution is -0.142. The molecule has 0 N–H and O–H groups in total. The van der Waals surface area contributed by atoms with Crippen LogP contribution in [0.15, 0.2) is 12.1 Å². The lowest BCUT2D eigenvalue weighted by atomic mass is 9.71. The number of ether oxygens (including phenoxy) is 1. The topological polar surface area (TPSA) is 9.23 Å². The second-order valence-corrected chi connectivity index (χ2v) is 7.75. The van der Waals surface area contributed by atoms with Crippen molar-refractivity contribution < 1.29 is 26.7 Å². The number of alkyl halides is 3. The molecule has 0 aromatic heterocycles. The SMILES string of the molecule is Fc1cc(OCC2CCC(C3CCCCC3)CC2)cc(F)c1C(F)(F)F. The molecule has 2 saturated carbocycles. The first-order valence-corrected chi connectivity index (χ1v) is 9.53. The summed E-state index contributed by atoms with van der Waals surface area (Å²) in [6, 6.07) is 1.25. The maximum Gasteiger partial charge on any atom is 0.422 e. The van der Waals surface area contributed by atoms with Gasteiger partial charge in [0.1, 0.15) is 22.9 Å². The van der Waals surface area contributed by atoms with Gasteiger partial charge in [0.05, 0.1) is 6.61 Å². The highest BCUT2D eigenvalue weighted by molar-refractivity contribution is 5.32. The van der Waals surface area contributed by atoms with Crippen molar-refractivity contribution in [2.24, 2.45) is 17.8 Å². The van der Waals surface area contributed by atoms with Crippen molar-refractivity contribution in [3.05, 3.63) is 29.3 Å². The number of benzene rings is 1. The second-order valence-electron chi connectivity index (χ2n) is 7.75. The lowest BCUT2D eigenvalue weighted by Crippen LogP contribution is -2.26. The van der Waals surface area contributed by atoms with Crippen molar-refractivity contribution in [3.63, 3.8) is 0 Å². The Morgan fingerprint density at radius 3 is 1.88 bits per heavy atom. The van der Waals surface area contributed by atoms with Gasteiger partial charge < -0.3 is 4.74 Å². The molecule has 0 amide bonds. The molecule has 3 rings (SSSR count). The van der Waals surface area contributed by atoms with E-state index in [1.165, 1.54) is 32.1 Å². The van der Waals surface area contributed by atoms with Crippen LogP contribution in [-0.4, -0.2) is 6.61 Å². The second kappa shape index (κ2) is 8.13. The molecule has 2 aliphatic carbocycles. The van der Waals surface area contributed by atoms with Crippen molar-refractivity contribution in [3.8, 4) is 5.75 Å². The lowest BCUT2D eigenvalue weighted by Gasteiger charge is -2.35. The van der Waals surface area contributed by atoms with Gasteiger partial charge in [-0.3, -0.25) is 0 Å². The van der Waals surface area contributed by atoms with Gasteiger partial charge in [-0.25, -0.2) is 8.78 Å². The van der Waals surface area contributed by atoms with E-state index in [4.69, 9.17) is 4.74 Å². The maximum atomic E-state index is 13.6. The third-order valence-electron chi connectivity index (χ3n) is 5.99. The highest BCUT2D eigenvalue weighted by Gasteiger charge is 2.38. The van der Waals surface area contributed by atoms with Gasteiger partial charge >= 0.3 is 6.18 Å². The summed E-state index contributed by atoms with van der Waals surface area (Å²) in [6.45, 7) is 0.293. The molecule has 0 saturated heterocycles. The van der Waals surface area contributed by atoms with E-state index in [1.807, 2.05) is 0 Å². The molecule has 6 heteroatoms. The molecule has 2 fully saturated rings. The largest absolute Gasteiger partial charge is 0.493 e. The minimum absolute atomic E-state index is 0.178. The Morgan fingerprint density at radius 2 is 1.35 bits per heavy atom. The highest BCUT2D eigenvalue weighted by Crippen LogP contribution is 2.40. The van der Waals surface area contributed by atoms with Crippen molar-refractivity contribution in [1.82, 2.24) is 0 Å². The zero-order chi connectivity index (χ0) is 18.7. The van der Waals surface area contributed by atoms with Crippen molar-refractivity contribution >= 4 is 0 Å². The molecular weight excluding hydrogens is 351 g/mol. The quantitative estimate of drug-likeness (QED) is 0.528.